The Morgan fingerprint density at radius 2 is 0.750 bits per heavy atom. The first kappa shape index (κ1) is 28.7. The smallest absolute Gasteiger partial charge is 0.0998 e. The summed E-state index contributed by atoms with van der Waals surface area (Å²) in [5, 5.41) is 0.138. The Bertz CT molecular complexity index is 446. The fourth-order valence-corrected chi connectivity index (χ4v) is 20.7. The second-order valence-electron chi connectivity index (χ2n) is 11.2. The Hall–Kier alpha value is 2.10. The van der Waals surface area contributed by atoms with Crippen molar-refractivity contribution < 1.29 is 20.4 Å². The zero-order valence-corrected chi connectivity index (χ0v) is 25.4. The van der Waals surface area contributed by atoms with Crippen LogP contribution in [0.25, 0.3) is 0 Å². The number of halogens is 2. The molecule has 0 nitrogen and oxygen atoms in total. The van der Waals surface area contributed by atoms with Crippen LogP contribution in [0.15, 0.2) is 0 Å². The molecule has 1 unspecified atom stereocenters. The van der Waals surface area contributed by atoms with E-state index >= 15 is 0 Å². The van der Waals surface area contributed by atoms with Gasteiger partial charge >= 0.3 is 0 Å². The Morgan fingerprint density at radius 3 is 0.938 bits per heavy atom. The summed E-state index contributed by atoms with van der Waals surface area (Å²) in [4.78, 5) is 0. The van der Waals surface area contributed by atoms with Crippen molar-refractivity contribution >= 4 is 39.0 Å². The van der Waals surface area contributed by atoms with Gasteiger partial charge in [0.1, 0.15) is 0 Å². The van der Waals surface area contributed by atoms with Gasteiger partial charge < -0.3 is 0 Å². The summed E-state index contributed by atoms with van der Waals surface area (Å²) in [6, 6.07) is 0. The van der Waals surface area contributed by atoms with E-state index in [2.05, 4.69) is 6.92 Å². The molecule has 0 bridgehead atoms. The molecule has 0 radical (unpaired) electrons. The largest absolute Gasteiger partial charge is 0.121 e. The molecule has 0 aromatic carbocycles. The van der Waals surface area contributed by atoms with Crippen molar-refractivity contribution in [3.8, 4) is 0 Å². The van der Waals surface area contributed by atoms with E-state index in [1.165, 1.54) is 128 Å². The van der Waals surface area contributed by atoms with Crippen molar-refractivity contribution in [2.75, 3.05) is 0 Å². The van der Waals surface area contributed by atoms with Crippen molar-refractivity contribution in [3.05, 3.63) is 0 Å². The van der Waals surface area contributed by atoms with Gasteiger partial charge in [0.15, 0.2) is 0 Å². The second-order valence-corrected chi connectivity index (χ2v) is 19.3. The predicted molar refractivity (Wildman–Crippen MR) is 145 cm³/mol. The van der Waals surface area contributed by atoms with E-state index in [-0.39, 0.29) is 46.0 Å². The molecule has 4 saturated carbocycles. The van der Waals surface area contributed by atoms with Crippen LogP contribution in [0.5, 0.6) is 0 Å². The standard InChI is InChI=1S/C27H48Cl2P2.Pd/c1-22(28)27(29,30(23-14-6-2-7-15-23)24-16-8-3-9-17-24)31(25-18-10-4-11-19-25)26-20-12-5-13-21-26;/h22-26H,2-21H2,1H3;. The maximum atomic E-state index is 8.27. The fraction of sp³-hybridized carbons (Fsp3) is 1.00. The molecule has 190 valence electrons. The van der Waals surface area contributed by atoms with E-state index in [9.17, 15) is 0 Å². The van der Waals surface area contributed by atoms with Gasteiger partial charge in [0.2, 0.25) is 0 Å². The molecule has 4 fully saturated rings. The van der Waals surface area contributed by atoms with E-state index in [1.54, 1.807) is 0 Å². The van der Waals surface area contributed by atoms with Crippen LogP contribution in [0.3, 0.4) is 0 Å². The monoisotopic (exact) mass is 610 g/mol. The molecule has 0 aliphatic heterocycles. The number of hydrogen-bond acceptors (Lipinski definition) is 0. The number of hydrogen-bond donors (Lipinski definition) is 0. The van der Waals surface area contributed by atoms with Crippen molar-refractivity contribution in [2.45, 2.75) is 168 Å². The summed E-state index contributed by atoms with van der Waals surface area (Å²) >= 11 is 15.6. The van der Waals surface area contributed by atoms with E-state index in [1.807, 2.05) is 0 Å². The predicted octanol–water partition coefficient (Wildman–Crippen LogP) is 10.8. The van der Waals surface area contributed by atoms with Crippen LogP contribution in [0.4, 0.5) is 0 Å². The maximum absolute atomic E-state index is 8.27. The third kappa shape index (κ3) is 6.70. The van der Waals surface area contributed by atoms with Crippen LogP contribution in [0.2, 0.25) is 0 Å². The topological polar surface area (TPSA) is 0 Å². The summed E-state index contributed by atoms with van der Waals surface area (Å²) in [6.07, 6.45) is 29.1. The van der Waals surface area contributed by atoms with Gasteiger partial charge in [0.25, 0.3) is 0 Å². The minimum absolute atomic E-state index is 0. The minimum Gasteiger partial charge on any atom is -0.121 e. The molecule has 1 atom stereocenters. The Balaban J connectivity index is 0.00000289. The first-order chi connectivity index (χ1) is 15.1. The second kappa shape index (κ2) is 14.1. The summed E-state index contributed by atoms with van der Waals surface area (Å²) < 4.78 is -0.0692. The quantitative estimate of drug-likeness (QED) is 0.153. The Kier molecular flexibility index (Phi) is 12.7. The molecule has 0 aromatic heterocycles. The van der Waals surface area contributed by atoms with E-state index in [0.29, 0.717) is 0 Å². The van der Waals surface area contributed by atoms with Crippen molar-refractivity contribution in [1.82, 2.24) is 0 Å². The molecule has 4 aliphatic carbocycles. The fourth-order valence-electron chi connectivity index (χ4n) is 7.60. The zero-order valence-electron chi connectivity index (χ0n) is 20.5. The van der Waals surface area contributed by atoms with Crippen LogP contribution in [-0.2, 0) is 20.4 Å². The van der Waals surface area contributed by atoms with Crippen LogP contribution in [0.1, 0.15) is 135 Å². The van der Waals surface area contributed by atoms with Gasteiger partial charge in [-0.2, -0.15) is 0 Å². The molecule has 5 heteroatoms. The molecule has 0 amide bonds. The van der Waals surface area contributed by atoms with Crippen LogP contribution < -0.4 is 0 Å². The van der Waals surface area contributed by atoms with Gasteiger partial charge in [-0.3, -0.25) is 0 Å². The molecule has 0 spiro atoms. The van der Waals surface area contributed by atoms with Gasteiger partial charge in [-0.05, 0) is 80.9 Å². The first-order valence-corrected chi connectivity index (χ1v) is 17.8. The molecule has 4 rings (SSSR count). The zero-order chi connectivity index (χ0) is 21.7. The minimum atomic E-state index is -0.209. The summed E-state index contributed by atoms with van der Waals surface area (Å²) in [6.45, 7) is 2.33. The van der Waals surface area contributed by atoms with E-state index in [0.717, 1.165) is 22.6 Å². The van der Waals surface area contributed by atoms with Gasteiger partial charge in [-0.25, -0.2) is 0 Å². The van der Waals surface area contributed by atoms with Crippen molar-refractivity contribution in [2.24, 2.45) is 0 Å². The van der Waals surface area contributed by atoms with Gasteiger partial charge in [0.05, 0.1) is 9.73 Å². The van der Waals surface area contributed by atoms with Gasteiger partial charge in [0, 0.05) is 20.4 Å². The van der Waals surface area contributed by atoms with E-state index < -0.39 is 0 Å². The van der Waals surface area contributed by atoms with Gasteiger partial charge in [-0.15, -0.1) is 23.2 Å². The number of alkyl halides is 2. The van der Waals surface area contributed by atoms with Crippen molar-refractivity contribution in [1.29, 1.82) is 0 Å². The average Bonchev–Trinajstić information content (AvgIpc) is 2.82. The van der Waals surface area contributed by atoms with Crippen LogP contribution >= 0.6 is 39.0 Å². The maximum Gasteiger partial charge on any atom is 0.0998 e. The molecule has 4 aliphatic rings. The molecular weight excluding hydrogens is 564 g/mol. The summed E-state index contributed by atoms with van der Waals surface area (Å²) in [7, 11) is -0.417. The summed E-state index contributed by atoms with van der Waals surface area (Å²) in [5.74, 6) is 0. The Labute approximate surface area is 226 Å². The molecule has 0 N–H and O–H groups in total. The average molecular weight is 612 g/mol. The molecule has 0 saturated heterocycles. The first-order valence-electron chi connectivity index (χ1n) is 14.0. The van der Waals surface area contributed by atoms with Crippen LogP contribution in [0, 0.1) is 0 Å². The molecule has 0 aromatic rings. The van der Waals surface area contributed by atoms with Gasteiger partial charge in [-0.1, -0.05) is 92.9 Å². The SMILES string of the molecule is CC(Cl)C(Cl)(P(C1CCCCC1)C1CCCCC1)P(C1CCCCC1)C1CCCCC1.[Pd]. The Morgan fingerprint density at radius 1 is 0.531 bits per heavy atom. The molecule has 32 heavy (non-hydrogen) atoms. The molecule has 0 heterocycles. The van der Waals surface area contributed by atoms with Crippen LogP contribution in [-0.4, -0.2) is 32.4 Å². The normalized spacial score (nSPS) is 26.9. The molecular formula is C27H48Cl2P2Pd. The summed E-state index contributed by atoms with van der Waals surface area (Å²) in [5.41, 5.74) is 3.62. The third-order valence-electron chi connectivity index (χ3n) is 9.10. The number of rotatable bonds is 7. The third-order valence-corrected chi connectivity index (χ3v) is 20.2. The van der Waals surface area contributed by atoms with E-state index in [4.69, 9.17) is 23.2 Å². The van der Waals surface area contributed by atoms with Crippen molar-refractivity contribution in [3.63, 3.8) is 0 Å².